The quantitative estimate of drug-likeness (QED) is 0.195. The van der Waals surface area contributed by atoms with Crippen molar-refractivity contribution in [3.63, 3.8) is 0 Å². The van der Waals surface area contributed by atoms with Gasteiger partial charge in [-0.1, -0.05) is 24.3 Å². The van der Waals surface area contributed by atoms with Crippen molar-refractivity contribution in [1.29, 1.82) is 0 Å². The Kier molecular flexibility index (Phi) is 13.3. The van der Waals surface area contributed by atoms with Gasteiger partial charge in [-0.25, -0.2) is 36.8 Å². The fraction of sp³-hybridized carbons (Fsp3) is 0.435. The van der Waals surface area contributed by atoms with Crippen molar-refractivity contribution in [3.8, 4) is 22.8 Å². The summed E-state index contributed by atoms with van der Waals surface area (Å²) in [4.78, 5) is 31.7. The Balaban J connectivity index is 0.000000152. The van der Waals surface area contributed by atoms with E-state index in [0.29, 0.717) is 64.3 Å². The summed E-state index contributed by atoms with van der Waals surface area (Å²) in [7, 11) is -6.27. The molecule has 2 N–H and O–H groups in total. The molecule has 8 aromatic rings. The minimum Gasteiger partial charge on any atom is -0.378 e. The predicted octanol–water partition coefficient (Wildman–Crippen LogP) is 4.30. The Morgan fingerprint density at radius 3 is 1.33 bits per heavy atom. The third kappa shape index (κ3) is 9.98. The summed E-state index contributed by atoms with van der Waals surface area (Å²) < 4.78 is 63.8. The number of piperazine rings is 2. The molecule has 0 bridgehead atoms. The molecule has 4 fully saturated rings. The van der Waals surface area contributed by atoms with Crippen LogP contribution in [0.25, 0.3) is 65.0 Å². The molecule has 10 heterocycles. The van der Waals surface area contributed by atoms with E-state index in [2.05, 4.69) is 52.1 Å². The third-order valence-electron chi connectivity index (χ3n) is 13.2. The maximum atomic E-state index is 11.8. The monoisotopic (exact) mass is 1030 g/mol. The lowest BCUT2D eigenvalue weighted by atomic mass is 10.1. The number of thiophene rings is 2. The number of ether oxygens (including phenoxy) is 2. The van der Waals surface area contributed by atoms with Gasteiger partial charge in [0.15, 0.2) is 23.3 Å². The number of benzene rings is 2. The molecular weight excluding hydrogens is 973 g/mol. The van der Waals surface area contributed by atoms with Crippen LogP contribution in [-0.2, 0) is 42.6 Å². The number of nitrogens with one attached hydrogen (secondary N) is 2. The maximum Gasteiger partial charge on any atom is 0.211 e. The van der Waals surface area contributed by atoms with Crippen LogP contribution >= 0.6 is 22.7 Å². The Morgan fingerprint density at radius 2 is 0.943 bits per heavy atom. The largest absolute Gasteiger partial charge is 0.378 e. The molecule has 70 heavy (non-hydrogen) atoms. The predicted molar refractivity (Wildman–Crippen MR) is 274 cm³/mol. The van der Waals surface area contributed by atoms with E-state index >= 15 is 0 Å². The first-order chi connectivity index (χ1) is 33.9. The van der Waals surface area contributed by atoms with Crippen LogP contribution in [0.4, 0.5) is 11.6 Å². The number of morpholine rings is 2. The first-order valence-electron chi connectivity index (χ1n) is 23.4. The summed E-state index contributed by atoms with van der Waals surface area (Å²) >= 11 is 3.45. The van der Waals surface area contributed by atoms with E-state index in [4.69, 9.17) is 29.4 Å². The summed E-state index contributed by atoms with van der Waals surface area (Å²) in [6.07, 6.45) is 6.20. The molecule has 0 aliphatic carbocycles. The summed E-state index contributed by atoms with van der Waals surface area (Å²) in [5, 5.41) is 16.5. The number of aromatic nitrogens is 8. The van der Waals surface area contributed by atoms with E-state index in [1.165, 1.54) is 22.3 Å². The normalized spacial score (nSPS) is 18.6. The van der Waals surface area contributed by atoms with Gasteiger partial charge in [-0.2, -0.15) is 18.8 Å². The van der Waals surface area contributed by atoms with Gasteiger partial charge in [-0.05, 0) is 24.3 Å². The molecule has 4 aliphatic heterocycles. The van der Waals surface area contributed by atoms with E-state index in [0.717, 1.165) is 130 Å². The molecule has 0 radical (unpaired) electrons. The summed E-state index contributed by atoms with van der Waals surface area (Å²) in [5.41, 5.74) is 5.70. The van der Waals surface area contributed by atoms with Crippen molar-refractivity contribution in [3.05, 3.63) is 70.7 Å². The zero-order valence-electron chi connectivity index (χ0n) is 39.0. The van der Waals surface area contributed by atoms with Crippen molar-refractivity contribution < 1.29 is 26.3 Å². The zero-order chi connectivity index (χ0) is 48.0. The van der Waals surface area contributed by atoms with Crippen molar-refractivity contribution in [2.24, 2.45) is 0 Å². The van der Waals surface area contributed by atoms with Crippen LogP contribution in [0, 0.1) is 0 Å². The smallest absolute Gasteiger partial charge is 0.211 e. The molecule has 0 atom stereocenters. The number of fused-ring (bicyclic) bond motifs is 4. The molecule has 12 rings (SSSR count). The number of hydrogen-bond donors (Lipinski definition) is 2. The Hall–Kier alpha value is -5.28. The molecule has 0 saturated carbocycles. The van der Waals surface area contributed by atoms with E-state index in [9.17, 15) is 16.8 Å². The highest BCUT2D eigenvalue weighted by atomic mass is 32.2. The number of rotatable bonds is 10. The third-order valence-corrected chi connectivity index (χ3v) is 18.1. The number of hydrogen-bond acceptors (Lipinski definition) is 18. The fourth-order valence-corrected chi connectivity index (χ4v) is 13.5. The first-order valence-corrected chi connectivity index (χ1v) is 28.7. The first kappa shape index (κ1) is 47.1. The fourth-order valence-electron chi connectivity index (χ4n) is 9.51. The van der Waals surface area contributed by atoms with Crippen molar-refractivity contribution in [2.45, 2.75) is 13.1 Å². The molecule has 0 unspecified atom stereocenters. The minimum absolute atomic E-state index is 0.529. The van der Waals surface area contributed by atoms with Crippen LogP contribution in [0.5, 0.6) is 0 Å². The van der Waals surface area contributed by atoms with Crippen LogP contribution in [0.2, 0.25) is 0 Å². The number of anilines is 2. The maximum absolute atomic E-state index is 11.8. The molecule has 368 valence electrons. The van der Waals surface area contributed by atoms with Crippen LogP contribution in [0.3, 0.4) is 0 Å². The number of nitrogens with zero attached hydrogens (tertiary/aromatic N) is 12. The highest BCUT2D eigenvalue weighted by molar-refractivity contribution is 7.88. The molecule has 0 spiro atoms. The summed E-state index contributed by atoms with van der Waals surface area (Å²) in [5.74, 6) is 3.29. The van der Waals surface area contributed by atoms with Gasteiger partial charge in [0.2, 0.25) is 20.0 Å². The van der Waals surface area contributed by atoms with Gasteiger partial charge < -0.3 is 19.3 Å². The lowest BCUT2D eigenvalue weighted by molar-refractivity contribution is 0.122. The van der Waals surface area contributed by atoms with E-state index < -0.39 is 20.0 Å². The lowest BCUT2D eigenvalue weighted by Gasteiger charge is -2.32. The standard InChI is InChI=1S/2C23H27N7O3S2/c2*1-35(31,32)30-7-5-28(6-8-30)15-16-13-20-21(34-16)23(29-9-11-33-12-10-29)26-22(25-20)17-3-2-4-19-18(17)14-24-27-19/h2*2-4,13-14H,5-12,15H2,1H3,(H,24,27). The second-order valence-corrected chi connectivity index (χ2v) is 24.2. The Labute approximate surface area is 413 Å². The average molecular weight is 1030 g/mol. The van der Waals surface area contributed by atoms with Gasteiger partial charge in [-0.3, -0.25) is 20.0 Å². The molecule has 4 saturated heterocycles. The van der Waals surface area contributed by atoms with Crippen LogP contribution in [0.15, 0.2) is 60.9 Å². The molecule has 0 amide bonds. The highest BCUT2D eigenvalue weighted by Gasteiger charge is 2.28. The summed E-state index contributed by atoms with van der Waals surface area (Å²) in [6, 6.07) is 16.4. The lowest BCUT2D eigenvalue weighted by Crippen LogP contribution is -2.47. The SMILES string of the molecule is CS(=O)(=O)N1CCN(Cc2cc3nc(-c4cccc5[nH]ncc45)nc(N4CCOCC4)c3s2)CC1.CS(=O)(=O)N1CCN(Cc2cc3nc(-c4cccc5[nH]ncc45)nc(N4CCOCC4)c3s2)CC1. The van der Waals surface area contributed by atoms with Gasteiger partial charge in [-0.15, -0.1) is 22.7 Å². The van der Waals surface area contributed by atoms with E-state index in [-0.39, 0.29) is 0 Å². The topological polar surface area (TPSA) is 215 Å². The zero-order valence-corrected chi connectivity index (χ0v) is 42.2. The second kappa shape index (κ2) is 19.7. The molecular formula is C46H54N14O6S4. The van der Waals surface area contributed by atoms with Gasteiger partial charge in [0.05, 0.1) is 82.8 Å². The minimum atomic E-state index is -3.13. The molecule has 20 nitrogen and oxygen atoms in total. The molecule has 4 aliphatic rings. The van der Waals surface area contributed by atoms with Crippen LogP contribution in [-0.4, -0.2) is 193 Å². The Morgan fingerprint density at radius 1 is 0.543 bits per heavy atom. The average Bonchev–Trinajstić information content (AvgIpc) is 4.20. The molecule has 24 heteroatoms. The van der Waals surface area contributed by atoms with Gasteiger partial charge in [0.25, 0.3) is 0 Å². The van der Waals surface area contributed by atoms with E-state index in [1.807, 2.05) is 48.8 Å². The number of sulfonamides is 2. The van der Waals surface area contributed by atoms with Crippen molar-refractivity contribution in [1.82, 2.24) is 58.7 Å². The van der Waals surface area contributed by atoms with Crippen LogP contribution in [0.1, 0.15) is 9.75 Å². The van der Waals surface area contributed by atoms with Crippen LogP contribution < -0.4 is 9.80 Å². The molecule has 6 aromatic heterocycles. The Bertz CT molecular complexity index is 3160. The van der Waals surface area contributed by atoms with Crippen molar-refractivity contribution in [2.75, 3.05) is 127 Å². The van der Waals surface area contributed by atoms with E-state index in [1.54, 1.807) is 31.3 Å². The summed E-state index contributed by atoms with van der Waals surface area (Å²) in [6.45, 7) is 12.4. The highest BCUT2D eigenvalue weighted by Crippen LogP contribution is 2.38. The molecule has 2 aromatic carbocycles. The van der Waals surface area contributed by atoms with Gasteiger partial charge in [0, 0.05) is 123 Å². The number of H-pyrrole nitrogens is 2. The number of aromatic amines is 2. The second-order valence-electron chi connectivity index (χ2n) is 17.9. The van der Waals surface area contributed by atoms with Gasteiger partial charge in [0.1, 0.15) is 0 Å². The van der Waals surface area contributed by atoms with Gasteiger partial charge >= 0.3 is 0 Å². The van der Waals surface area contributed by atoms with Crippen molar-refractivity contribution >= 4 is 96.6 Å².